The third-order valence-corrected chi connectivity index (χ3v) is 4.03. The van der Waals surface area contributed by atoms with Gasteiger partial charge in [0.05, 0.1) is 0 Å². The molecule has 0 aromatic carbocycles. The minimum atomic E-state index is -2.98. The Morgan fingerprint density at radius 3 is 2.57 bits per heavy atom. The second kappa shape index (κ2) is 5.36. The Labute approximate surface area is 90.6 Å². The molecule has 1 rings (SSSR count). The molecule has 3 nitrogen and oxygen atoms in total. The van der Waals surface area contributed by atoms with Crippen molar-refractivity contribution in [1.82, 2.24) is 0 Å². The van der Waals surface area contributed by atoms with Crippen molar-refractivity contribution in [2.75, 3.05) is 0 Å². The van der Waals surface area contributed by atoms with Crippen LogP contribution >= 0.6 is 0 Å². The van der Waals surface area contributed by atoms with Gasteiger partial charge in [-0.15, -0.1) is 0 Å². The summed E-state index contributed by atoms with van der Waals surface area (Å²) in [6.45, 7) is 6.51. The van der Waals surface area contributed by atoms with Crippen molar-refractivity contribution in [3.8, 4) is 0 Å². The summed E-state index contributed by atoms with van der Waals surface area (Å²) in [5.41, 5.74) is 0. The molecule has 0 bridgehead atoms. The summed E-state index contributed by atoms with van der Waals surface area (Å²) in [4.78, 5) is 0. The monoisotopic (exact) mass is 268 g/mol. The van der Waals surface area contributed by atoms with Gasteiger partial charge in [-0.05, 0) is 0 Å². The van der Waals surface area contributed by atoms with E-state index in [1.165, 1.54) is 6.42 Å². The Morgan fingerprint density at radius 1 is 1.43 bits per heavy atom. The molecule has 1 N–H and O–H groups in total. The topological polar surface area (TPSA) is 46.5 Å². The van der Waals surface area contributed by atoms with Gasteiger partial charge in [-0.1, -0.05) is 0 Å². The van der Waals surface area contributed by atoms with E-state index in [1.54, 1.807) is 0 Å². The SMILES string of the molecule is CC1CCC(C(C)C)C(O[Se](=O)O)C1. The van der Waals surface area contributed by atoms with Crippen LogP contribution < -0.4 is 0 Å². The summed E-state index contributed by atoms with van der Waals surface area (Å²) in [5, 5.41) is 0. The van der Waals surface area contributed by atoms with E-state index in [0.717, 1.165) is 12.8 Å². The van der Waals surface area contributed by atoms with E-state index in [0.29, 0.717) is 17.8 Å². The molecule has 0 spiro atoms. The Morgan fingerprint density at radius 2 is 2.07 bits per heavy atom. The molecule has 4 heteroatoms. The molecule has 4 atom stereocenters. The van der Waals surface area contributed by atoms with Crippen molar-refractivity contribution < 1.29 is 11.8 Å². The molecule has 1 fully saturated rings. The van der Waals surface area contributed by atoms with E-state index in [9.17, 15) is 3.83 Å². The Bertz CT molecular complexity index is 206. The molecule has 1 aliphatic rings. The van der Waals surface area contributed by atoms with Gasteiger partial charge in [0.15, 0.2) is 0 Å². The fourth-order valence-corrected chi connectivity index (χ4v) is 3.24. The average Bonchev–Trinajstić information content (AvgIpc) is 2.01. The van der Waals surface area contributed by atoms with Crippen LogP contribution in [0, 0.1) is 17.8 Å². The minimum absolute atomic E-state index is 0.00579. The summed E-state index contributed by atoms with van der Waals surface area (Å²) in [7, 11) is 0. The van der Waals surface area contributed by atoms with E-state index in [4.69, 9.17) is 8.01 Å². The predicted octanol–water partition coefficient (Wildman–Crippen LogP) is 1.87. The maximum atomic E-state index is 10.7. The zero-order valence-corrected chi connectivity index (χ0v) is 10.8. The van der Waals surface area contributed by atoms with Crippen LogP contribution in [0.1, 0.15) is 40.0 Å². The van der Waals surface area contributed by atoms with E-state index in [2.05, 4.69) is 20.8 Å². The summed E-state index contributed by atoms with van der Waals surface area (Å²) in [6, 6.07) is 0. The first-order valence-electron chi connectivity index (χ1n) is 5.28. The summed E-state index contributed by atoms with van der Waals surface area (Å²) >= 11 is -2.98. The molecule has 0 aromatic rings. The maximum absolute atomic E-state index is 10.7. The summed E-state index contributed by atoms with van der Waals surface area (Å²) in [6.07, 6.45) is 3.29. The molecule has 0 aliphatic heterocycles. The van der Waals surface area contributed by atoms with E-state index >= 15 is 0 Å². The van der Waals surface area contributed by atoms with E-state index in [1.807, 2.05) is 0 Å². The molecule has 0 saturated heterocycles. The molecule has 4 unspecified atom stereocenters. The Hall–Kier alpha value is 0.239. The van der Waals surface area contributed by atoms with Gasteiger partial charge >= 0.3 is 90.2 Å². The van der Waals surface area contributed by atoms with Crippen molar-refractivity contribution >= 4 is 14.5 Å². The standard InChI is InChI=1S/C10H20O3Se/c1-7(2)9-5-4-8(3)6-10(9)13-14(11)12/h7-10H,4-6H2,1-3H3,(H,11,12). The molecule has 0 radical (unpaired) electrons. The predicted molar refractivity (Wildman–Crippen MR) is 54.9 cm³/mol. The van der Waals surface area contributed by atoms with Gasteiger partial charge in [0, 0.05) is 0 Å². The third kappa shape index (κ3) is 3.43. The zero-order chi connectivity index (χ0) is 10.7. The van der Waals surface area contributed by atoms with Crippen LogP contribution in [0.5, 0.6) is 0 Å². The Kier molecular flexibility index (Phi) is 4.71. The molecule has 1 saturated carbocycles. The normalized spacial score (nSPS) is 35.9. The van der Waals surface area contributed by atoms with Gasteiger partial charge in [0.2, 0.25) is 0 Å². The van der Waals surface area contributed by atoms with Crippen LogP contribution in [0.15, 0.2) is 0 Å². The average molecular weight is 267 g/mol. The van der Waals surface area contributed by atoms with Gasteiger partial charge in [-0.3, -0.25) is 0 Å². The van der Waals surface area contributed by atoms with Gasteiger partial charge in [-0.2, -0.15) is 0 Å². The van der Waals surface area contributed by atoms with E-state index in [-0.39, 0.29) is 6.10 Å². The van der Waals surface area contributed by atoms with Crippen molar-refractivity contribution in [3.05, 3.63) is 0 Å². The van der Waals surface area contributed by atoms with Crippen molar-refractivity contribution in [2.45, 2.75) is 46.1 Å². The van der Waals surface area contributed by atoms with E-state index < -0.39 is 14.5 Å². The first-order valence-corrected chi connectivity index (χ1v) is 7.45. The summed E-state index contributed by atoms with van der Waals surface area (Å²) < 4.78 is 24.7. The molecule has 84 valence electrons. The van der Waals surface area contributed by atoms with Crippen molar-refractivity contribution in [1.29, 1.82) is 0 Å². The van der Waals surface area contributed by atoms with Crippen LogP contribution in [-0.4, -0.2) is 24.8 Å². The second-order valence-corrected chi connectivity index (χ2v) is 5.99. The molecule has 0 aromatic heterocycles. The molecule has 0 heterocycles. The van der Waals surface area contributed by atoms with Crippen LogP contribution in [0.3, 0.4) is 0 Å². The zero-order valence-electron chi connectivity index (χ0n) is 9.10. The number of hydrogen-bond donors (Lipinski definition) is 1. The van der Waals surface area contributed by atoms with Gasteiger partial charge in [-0.25, -0.2) is 0 Å². The van der Waals surface area contributed by atoms with Crippen LogP contribution in [0.4, 0.5) is 0 Å². The van der Waals surface area contributed by atoms with Crippen molar-refractivity contribution in [3.63, 3.8) is 0 Å². The first-order chi connectivity index (χ1) is 6.50. The summed E-state index contributed by atoms with van der Waals surface area (Å²) in [5.74, 6) is 1.62. The fourth-order valence-electron chi connectivity index (χ4n) is 2.33. The molecule has 14 heavy (non-hydrogen) atoms. The Balaban J connectivity index is 2.58. The molecule has 1 aliphatic carbocycles. The quantitative estimate of drug-likeness (QED) is 0.794. The van der Waals surface area contributed by atoms with Crippen molar-refractivity contribution in [2.24, 2.45) is 17.8 Å². The second-order valence-electron chi connectivity index (χ2n) is 4.68. The molecular weight excluding hydrogens is 247 g/mol. The first kappa shape index (κ1) is 12.3. The van der Waals surface area contributed by atoms with Gasteiger partial charge in [0.25, 0.3) is 0 Å². The number of hydrogen-bond acceptors (Lipinski definition) is 2. The van der Waals surface area contributed by atoms with Crippen LogP contribution in [0.25, 0.3) is 0 Å². The van der Waals surface area contributed by atoms with Crippen LogP contribution in [-0.2, 0) is 7.65 Å². The van der Waals surface area contributed by atoms with Gasteiger partial charge < -0.3 is 0 Å². The molecule has 0 amide bonds. The van der Waals surface area contributed by atoms with Crippen LogP contribution in [0.2, 0.25) is 0 Å². The fraction of sp³-hybridized carbons (Fsp3) is 1.00. The molecular formula is C10H20O3Se. The third-order valence-electron chi connectivity index (χ3n) is 3.17. The van der Waals surface area contributed by atoms with Gasteiger partial charge in [0.1, 0.15) is 0 Å². The number of rotatable bonds is 3.